The quantitative estimate of drug-likeness (QED) is 0.814. The Labute approximate surface area is 174 Å². The number of benzene rings is 2. The summed E-state index contributed by atoms with van der Waals surface area (Å²) in [6.45, 7) is 5.93. The molecule has 1 unspecified atom stereocenters. The van der Waals surface area contributed by atoms with E-state index < -0.39 is 6.04 Å². The number of ether oxygens (including phenoxy) is 1. The van der Waals surface area contributed by atoms with Crippen LogP contribution in [0, 0.1) is 5.82 Å². The number of hydrogen-bond donors (Lipinski definition) is 2. The second kappa shape index (κ2) is 6.70. The van der Waals surface area contributed by atoms with Gasteiger partial charge in [-0.2, -0.15) is 5.10 Å². The average Bonchev–Trinajstić information content (AvgIpc) is 2.73. The number of nitrogens with zero attached hydrogens (tertiary/aromatic N) is 3. The van der Waals surface area contributed by atoms with Gasteiger partial charge in [-0.25, -0.2) is 9.82 Å². The van der Waals surface area contributed by atoms with Crippen LogP contribution in [0.4, 0.5) is 15.8 Å². The molecule has 1 amide bonds. The van der Waals surface area contributed by atoms with Crippen molar-refractivity contribution in [3.63, 3.8) is 0 Å². The fraction of sp³-hybridized carbons (Fsp3) is 0.364. The van der Waals surface area contributed by atoms with Gasteiger partial charge in [0.05, 0.1) is 11.2 Å². The number of halogens is 1. The fourth-order valence-electron chi connectivity index (χ4n) is 4.25. The third-order valence-electron chi connectivity index (χ3n) is 6.38. The van der Waals surface area contributed by atoms with E-state index in [1.165, 1.54) is 6.07 Å². The Morgan fingerprint density at radius 3 is 2.73 bits per heavy atom. The first kappa shape index (κ1) is 18.9. The highest BCUT2D eigenvalue weighted by Crippen LogP contribution is 2.45. The van der Waals surface area contributed by atoms with Gasteiger partial charge in [0.25, 0.3) is 5.91 Å². The number of fused-ring (bicyclic) bond motifs is 3. The summed E-state index contributed by atoms with van der Waals surface area (Å²) in [5.41, 5.74) is 5.38. The van der Waals surface area contributed by atoms with Gasteiger partial charge in [-0.1, -0.05) is 18.2 Å². The van der Waals surface area contributed by atoms with Crippen molar-refractivity contribution in [1.82, 2.24) is 10.7 Å². The first-order valence-corrected chi connectivity index (χ1v) is 10.0. The standard InChI is InChI=1S/C22H24FN5O2/c1-13-21(29)26-25-20-10-30-19-8-15(14-6-4-5-7-16(14)23)17(9-18(19)28(13)20)27(3)22(2)11-24-12-22/h4-9,13,24H,10-12H2,1-3H3,(H,26,29). The third-order valence-corrected chi connectivity index (χ3v) is 6.38. The topological polar surface area (TPSA) is 69.2 Å². The first-order valence-electron chi connectivity index (χ1n) is 10.0. The molecular formula is C22H24FN5O2. The molecule has 2 aromatic carbocycles. The maximum absolute atomic E-state index is 14.8. The van der Waals surface area contributed by atoms with Crippen LogP contribution in [0.2, 0.25) is 0 Å². The maximum Gasteiger partial charge on any atom is 0.262 e. The summed E-state index contributed by atoms with van der Waals surface area (Å²) in [5, 5.41) is 7.48. The zero-order valence-electron chi connectivity index (χ0n) is 17.2. The molecule has 0 aromatic heterocycles. The van der Waals surface area contributed by atoms with Gasteiger partial charge in [-0.15, -0.1) is 0 Å². The van der Waals surface area contributed by atoms with Gasteiger partial charge in [0.2, 0.25) is 0 Å². The highest BCUT2D eigenvalue weighted by molar-refractivity contribution is 6.10. The van der Waals surface area contributed by atoms with Crippen LogP contribution < -0.4 is 25.3 Å². The summed E-state index contributed by atoms with van der Waals surface area (Å²) in [7, 11) is 2.03. The van der Waals surface area contributed by atoms with Gasteiger partial charge >= 0.3 is 0 Å². The summed E-state index contributed by atoms with van der Waals surface area (Å²) in [4.78, 5) is 16.3. The molecule has 1 saturated heterocycles. The van der Waals surface area contributed by atoms with Crippen molar-refractivity contribution in [2.45, 2.75) is 25.4 Å². The van der Waals surface area contributed by atoms with Crippen LogP contribution in [0.25, 0.3) is 11.1 Å². The molecule has 3 heterocycles. The Morgan fingerprint density at radius 2 is 2.03 bits per heavy atom. The summed E-state index contributed by atoms with van der Waals surface area (Å²) in [6, 6.07) is 10.2. The number of hydrazone groups is 1. The van der Waals surface area contributed by atoms with E-state index in [2.05, 4.69) is 27.7 Å². The van der Waals surface area contributed by atoms with Crippen molar-refractivity contribution >= 4 is 23.1 Å². The molecule has 0 spiro atoms. The summed E-state index contributed by atoms with van der Waals surface area (Å²) in [5.74, 6) is 0.809. The van der Waals surface area contributed by atoms with E-state index >= 15 is 0 Å². The summed E-state index contributed by atoms with van der Waals surface area (Å²) >= 11 is 0. The monoisotopic (exact) mass is 409 g/mol. The molecule has 2 aromatic rings. The van der Waals surface area contributed by atoms with E-state index in [1.54, 1.807) is 12.1 Å². The van der Waals surface area contributed by atoms with Crippen molar-refractivity contribution < 1.29 is 13.9 Å². The van der Waals surface area contributed by atoms with E-state index in [0.29, 0.717) is 17.1 Å². The van der Waals surface area contributed by atoms with Gasteiger partial charge in [-0.05, 0) is 32.0 Å². The van der Waals surface area contributed by atoms with Crippen molar-refractivity contribution in [3.05, 3.63) is 42.2 Å². The maximum atomic E-state index is 14.8. The van der Waals surface area contributed by atoms with Crippen LogP contribution in [0.5, 0.6) is 5.75 Å². The van der Waals surface area contributed by atoms with Gasteiger partial charge in [0.15, 0.2) is 5.84 Å². The van der Waals surface area contributed by atoms with E-state index in [1.807, 2.05) is 37.1 Å². The second-order valence-electron chi connectivity index (χ2n) is 8.32. The lowest BCUT2D eigenvalue weighted by molar-refractivity contribution is -0.122. The van der Waals surface area contributed by atoms with Crippen LogP contribution in [0.15, 0.2) is 41.5 Å². The van der Waals surface area contributed by atoms with Gasteiger partial charge < -0.3 is 19.9 Å². The Balaban J connectivity index is 1.71. The van der Waals surface area contributed by atoms with Crippen LogP contribution in [0.1, 0.15) is 13.8 Å². The molecule has 2 N–H and O–H groups in total. The molecule has 8 heteroatoms. The normalized spacial score (nSPS) is 21.5. The first-order chi connectivity index (χ1) is 14.4. The minimum absolute atomic E-state index is 0.0917. The highest BCUT2D eigenvalue weighted by atomic mass is 19.1. The molecule has 156 valence electrons. The predicted molar refractivity (Wildman–Crippen MR) is 115 cm³/mol. The molecule has 30 heavy (non-hydrogen) atoms. The van der Waals surface area contributed by atoms with Crippen LogP contribution >= 0.6 is 0 Å². The molecule has 7 nitrogen and oxygen atoms in total. The smallest absolute Gasteiger partial charge is 0.262 e. The number of rotatable bonds is 3. The molecule has 1 atom stereocenters. The van der Waals surface area contributed by atoms with E-state index in [4.69, 9.17) is 4.74 Å². The van der Waals surface area contributed by atoms with Crippen LogP contribution in [-0.4, -0.2) is 50.1 Å². The average molecular weight is 409 g/mol. The number of amides is 1. The number of carbonyl (C=O) groups is 1. The van der Waals surface area contributed by atoms with E-state index in [0.717, 1.165) is 30.0 Å². The van der Waals surface area contributed by atoms with Crippen molar-refractivity contribution in [2.75, 3.05) is 36.5 Å². The molecule has 1 fully saturated rings. The van der Waals surface area contributed by atoms with Crippen molar-refractivity contribution in [2.24, 2.45) is 5.10 Å². The van der Waals surface area contributed by atoms with Gasteiger partial charge in [0, 0.05) is 37.0 Å². The Bertz CT molecular complexity index is 1070. The molecule has 3 aliphatic heterocycles. The molecule has 0 saturated carbocycles. The Hall–Kier alpha value is -3.13. The van der Waals surface area contributed by atoms with Crippen LogP contribution in [0.3, 0.4) is 0 Å². The zero-order chi connectivity index (χ0) is 21.0. The number of amidine groups is 1. The van der Waals surface area contributed by atoms with E-state index in [-0.39, 0.29) is 23.9 Å². The lowest BCUT2D eigenvalue weighted by Crippen LogP contribution is -2.66. The third kappa shape index (κ3) is 2.74. The summed E-state index contributed by atoms with van der Waals surface area (Å²) in [6.07, 6.45) is 0. The lowest BCUT2D eigenvalue weighted by Gasteiger charge is -2.49. The number of nitrogens with one attached hydrogen (secondary N) is 2. The fourth-order valence-corrected chi connectivity index (χ4v) is 4.25. The Kier molecular flexibility index (Phi) is 4.21. The Morgan fingerprint density at radius 1 is 1.27 bits per heavy atom. The molecule has 5 rings (SSSR count). The minimum atomic E-state index is -0.418. The largest absolute Gasteiger partial charge is 0.483 e. The predicted octanol–water partition coefficient (Wildman–Crippen LogP) is 2.32. The second-order valence-corrected chi connectivity index (χ2v) is 8.32. The number of carbonyl (C=O) groups excluding carboxylic acids is 1. The number of anilines is 2. The molecule has 0 bridgehead atoms. The SMILES string of the molecule is CC1C(=O)NN=C2COc3cc(-c4ccccc4F)c(N(C)C4(C)CNC4)cc3N21. The summed E-state index contributed by atoms with van der Waals surface area (Å²) < 4.78 is 20.7. The van der Waals surface area contributed by atoms with Crippen LogP contribution in [-0.2, 0) is 4.79 Å². The molecular weight excluding hydrogens is 385 g/mol. The zero-order valence-corrected chi connectivity index (χ0v) is 17.2. The van der Waals surface area contributed by atoms with Crippen molar-refractivity contribution in [3.8, 4) is 16.9 Å². The van der Waals surface area contributed by atoms with E-state index in [9.17, 15) is 9.18 Å². The highest BCUT2D eigenvalue weighted by Gasteiger charge is 2.40. The molecule has 0 aliphatic carbocycles. The number of likely N-dealkylation sites (N-methyl/N-ethyl adjacent to an activating group) is 1. The van der Waals surface area contributed by atoms with Gasteiger partial charge in [-0.3, -0.25) is 4.79 Å². The number of hydrogen-bond acceptors (Lipinski definition) is 6. The molecule has 3 aliphatic rings. The lowest BCUT2D eigenvalue weighted by atomic mass is 9.90. The van der Waals surface area contributed by atoms with Gasteiger partial charge in [0.1, 0.15) is 24.2 Å². The molecule has 0 radical (unpaired) electrons. The van der Waals surface area contributed by atoms with Crippen molar-refractivity contribution in [1.29, 1.82) is 0 Å². The minimum Gasteiger partial charge on any atom is -0.483 e.